The van der Waals surface area contributed by atoms with Crippen LogP contribution in [0.1, 0.15) is 33.6 Å². The molecule has 2 aliphatic rings. The number of hydrogen-bond acceptors (Lipinski definition) is 5. The molecule has 2 aromatic carbocycles. The Morgan fingerprint density at radius 3 is 2.56 bits per heavy atom. The van der Waals surface area contributed by atoms with Crippen LogP contribution in [0.25, 0.3) is 10.8 Å². The first-order valence-corrected chi connectivity index (χ1v) is 8.47. The molecule has 4 amide bonds. The zero-order chi connectivity index (χ0) is 19.1. The van der Waals surface area contributed by atoms with Gasteiger partial charge in [-0.2, -0.15) is 0 Å². The van der Waals surface area contributed by atoms with Crippen LogP contribution >= 0.6 is 0 Å². The molecule has 1 fully saturated rings. The van der Waals surface area contributed by atoms with Crippen LogP contribution in [0, 0.1) is 12.3 Å². The Kier molecular flexibility index (Phi) is 3.89. The summed E-state index contributed by atoms with van der Waals surface area (Å²) in [5.74, 6) is 0.377. The van der Waals surface area contributed by atoms with Crippen LogP contribution in [0.15, 0.2) is 30.3 Å². The zero-order valence-corrected chi connectivity index (χ0v) is 14.2. The summed E-state index contributed by atoms with van der Waals surface area (Å²) in [6.07, 6.45) is 5.50. The maximum atomic E-state index is 13.1. The third kappa shape index (κ3) is 2.54. The molecule has 7 heteroatoms. The van der Waals surface area contributed by atoms with Crippen LogP contribution in [0.3, 0.4) is 0 Å². The molecule has 2 aromatic rings. The summed E-state index contributed by atoms with van der Waals surface area (Å²) < 4.78 is 0. The highest BCUT2D eigenvalue weighted by molar-refractivity contribution is 6.28. The highest BCUT2D eigenvalue weighted by atomic mass is 16.2. The van der Waals surface area contributed by atoms with Crippen molar-refractivity contribution in [3.8, 4) is 12.3 Å². The molecule has 0 saturated carbocycles. The largest absolute Gasteiger partial charge is 0.374 e. The molecule has 1 saturated heterocycles. The molecule has 0 spiro atoms. The number of nitrogens with one attached hydrogen (secondary N) is 2. The van der Waals surface area contributed by atoms with E-state index in [0.29, 0.717) is 28.4 Å². The van der Waals surface area contributed by atoms with Gasteiger partial charge in [0.1, 0.15) is 6.04 Å². The molecule has 7 nitrogen and oxygen atoms in total. The van der Waals surface area contributed by atoms with Crippen molar-refractivity contribution >= 4 is 40.1 Å². The number of benzene rings is 2. The lowest BCUT2D eigenvalue weighted by Crippen LogP contribution is -2.57. The second-order valence-electron chi connectivity index (χ2n) is 6.39. The quantitative estimate of drug-likeness (QED) is 0.634. The van der Waals surface area contributed by atoms with E-state index in [0.717, 1.165) is 10.6 Å². The molecule has 0 radical (unpaired) electrons. The van der Waals surface area contributed by atoms with E-state index < -0.39 is 29.7 Å². The van der Waals surface area contributed by atoms with Gasteiger partial charge in [0.05, 0.1) is 6.54 Å². The van der Waals surface area contributed by atoms with Crippen LogP contribution in [0.4, 0.5) is 5.69 Å². The minimum atomic E-state index is -0.995. The molecular weight excluding hydrogens is 346 g/mol. The van der Waals surface area contributed by atoms with Gasteiger partial charge in [-0.25, -0.2) is 0 Å². The summed E-state index contributed by atoms with van der Waals surface area (Å²) >= 11 is 0. The van der Waals surface area contributed by atoms with Gasteiger partial charge in [0, 0.05) is 34.0 Å². The minimum absolute atomic E-state index is 0.0828. The van der Waals surface area contributed by atoms with Gasteiger partial charge in [-0.05, 0) is 24.6 Å². The van der Waals surface area contributed by atoms with Crippen molar-refractivity contribution in [1.29, 1.82) is 0 Å². The summed E-state index contributed by atoms with van der Waals surface area (Å²) in [6, 6.07) is 7.52. The van der Waals surface area contributed by atoms with Gasteiger partial charge in [0.2, 0.25) is 11.8 Å². The summed E-state index contributed by atoms with van der Waals surface area (Å²) in [6.45, 7) is 0.308. The molecule has 2 heterocycles. The van der Waals surface area contributed by atoms with Crippen molar-refractivity contribution in [1.82, 2.24) is 10.2 Å². The van der Waals surface area contributed by atoms with Crippen molar-refractivity contribution in [3.05, 3.63) is 41.5 Å². The van der Waals surface area contributed by atoms with E-state index in [9.17, 15) is 19.2 Å². The third-order valence-electron chi connectivity index (χ3n) is 4.84. The van der Waals surface area contributed by atoms with Crippen LogP contribution in [0.2, 0.25) is 0 Å². The van der Waals surface area contributed by atoms with Gasteiger partial charge in [0.25, 0.3) is 11.8 Å². The zero-order valence-electron chi connectivity index (χ0n) is 14.2. The number of nitrogens with zero attached hydrogens (tertiary/aromatic N) is 1. The third-order valence-corrected chi connectivity index (χ3v) is 4.84. The van der Waals surface area contributed by atoms with Crippen LogP contribution in [-0.2, 0) is 9.59 Å². The summed E-state index contributed by atoms with van der Waals surface area (Å²) in [5, 5.41) is 6.53. The highest BCUT2D eigenvalue weighted by Gasteiger charge is 2.42. The van der Waals surface area contributed by atoms with Crippen LogP contribution in [0.5, 0.6) is 0 Å². The Morgan fingerprint density at radius 1 is 1.11 bits per heavy atom. The predicted octanol–water partition coefficient (Wildman–Crippen LogP) is 1.29. The van der Waals surface area contributed by atoms with Gasteiger partial charge in [-0.15, -0.1) is 6.42 Å². The lowest BCUT2D eigenvalue weighted by Gasteiger charge is -2.34. The van der Waals surface area contributed by atoms with Crippen molar-refractivity contribution in [2.75, 3.05) is 11.9 Å². The van der Waals surface area contributed by atoms with Crippen molar-refractivity contribution < 1.29 is 19.2 Å². The average Bonchev–Trinajstić information content (AvgIpc) is 2.66. The van der Waals surface area contributed by atoms with Gasteiger partial charge in [-0.3, -0.25) is 29.4 Å². The lowest BCUT2D eigenvalue weighted by molar-refractivity contribution is -0.136. The van der Waals surface area contributed by atoms with Crippen molar-refractivity contribution in [2.45, 2.75) is 18.9 Å². The summed E-state index contributed by atoms with van der Waals surface area (Å²) in [4.78, 5) is 50.7. The Hall–Kier alpha value is -3.66. The molecule has 134 valence electrons. The van der Waals surface area contributed by atoms with Crippen LogP contribution < -0.4 is 10.6 Å². The molecule has 4 rings (SSSR count). The molecule has 1 atom stereocenters. The average molecular weight is 361 g/mol. The number of amides is 4. The van der Waals surface area contributed by atoms with E-state index >= 15 is 0 Å². The van der Waals surface area contributed by atoms with Gasteiger partial charge in [0.15, 0.2) is 0 Å². The van der Waals surface area contributed by atoms with Gasteiger partial charge >= 0.3 is 0 Å². The number of imide groups is 2. The first-order chi connectivity index (χ1) is 13.0. The maximum absolute atomic E-state index is 13.1. The smallest absolute Gasteiger partial charge is 0.262 e. The van der Waals surface area contributed by atoms with E-state index in [2.05, 4.69) is 16.6 Å². The number of rotatable bonds is 3. The van der Waals surface area contributed by atoms with Gasteiger partial charge < -0.3 is 5.32 Å². The van der Waals surface area contributed by atoms with Crippen molar-refractivity contribution in [2.24, 2.45) is 0 Å². The fourth-order valence-electron chi connectivity index (χ4n) is 3.63. The first-order valence-electron chi connectivity index (χ1n) is 8.47. The fourth-order valence-corrected chi connectivity index (χ4v) is 3.63. The topological polar surface area (TPSA) is 95.6 Å². The monoisotopic (exact) mass is 361 g/mol. The lowest BCUT2D eigenvalue weighted by atomic mass is 9.91. The normalized spacial score (nSPS) is 19.1. The highest BCUT2D eigenvalue weighted by Crippen LogP contribution is 2.35. The second kappa shape index (κ2) is 6.25. The van der Waals surface area contributed by atoms with E-state index in [1.165, 1.54) is 0 Å². The number of hydrogen-bond donors (Lipinski definition) is 2. The molecule has 2 N–H and O–H groups in total. The molecule has 0 aromatic heterocycles. The Balaban J connectivity index is 1.83. The Bertz CT molecular complexity index is 1040. The standard InChI is InChI=1S/C20H15N3O4/c1-2-10-21-14-7-6-13-17-11(14)4-3-5-12(17)19(26)23(20(13)27)15-8-9-16(24)22-18(15)25/h1,3-7,15,21H,8-10H2,(H,22,24,25). The van der Waals surface area contributed by atoms with E-state index in [4.69, 9.17) is 6.42 Å². The number of carbonyl (C=O) groups is 4. The number of terminal acetylenes is 1. The molecular formula is C20H15N3O4. The minimum Gasteiger partial charge on any atom is -0.374 e. The Morgan fingerprint density at radius 2 is 1.85 bits per heavy atom. The van der Waals surface area contributed by atoms with Crippen LogP contribution in [-0.4, -0.2) is 41.1 Å². The molecule has 0 bridgehead atoms. The number of carbonyl (C=O) groups excluding carboxylic acids is 4. The predicted molar refractivity (Wildman–Crippen MR) is 97.9 cm³/mol. The van der Waals surface area contributed by atoms with Gasteiger partial charge in [-0.1, -0.05) is 18.1 Å². The number of piperidine rings is 1. The summed E-state index contributed by atoms with van der Waals surface area (Å²) in [5.41, 5.74) is 1.41. The molecule has 1 unspecified atom stereocenters. The van der Waals surface area contributed by atoms with E-state index in [1.54, 1.807) is 24.3 Å². The first kappa shape index (κ1) is 16.8. The van der Waals surface area contributed by atoms with Crippen molar-refractivity contribution in [3.63, 3.8) is 0 Å². The molecule has 27 heavy (non-hydrogen) atoms. The summed E-state index contributed by atoms with van der Waals surface area (Å²) in [7, 11) is 0. The Labute approximate surface area is 154 Å². The van der Waals surface area contributed by atoms with E-state index in [1.807, 2.05) is 6.07 Å². The SMILES string of the molecule is C#CCNc1ccc2c3c(cccc13)C(=O)N(C1CCC(=O)NC1=O)C2=O. The maximum Gasteiger partial charge on any atom is 0.262 e. The second-order valence-corrected chi connectivity index (χ2v) is 6.39. The molecule has 0 aliphatic carbocycles. The fraction of sp³-hybridized carbons (Fsp3) is 0.200. The van der Waals surface area contributed by atoms with E-state index in [-0.39, 0.29) is 12.8 Å². The molecule has 2 aliphatic heterocycles. The number of anilines is 1.